The van der Waals surface area contributed by atoms with Crippen molar-refractivity contribution in [2.45, 2.75) is 32.6 Å². The molecule has 0 N–H and O–H groups in total. The van der Waals surface area contributed by atoms with E-state index in [1.165, 1.54) is 0 Å². The zero-order chi connectivity index (χ0) is 13.2. The molecule has 1 saturated heterocycles. The second-order valence-corrected chi connectivity index (χ2v) is 5.09. The van der Waals surface area contributed by atoms with Gasteiger partial charge in [-0.15, -0.1) is 0 Å². The molecule has 1 aliphatic rings. The topological polar surface area (TPSA) is 37.6 Å². The minimum absolute atomic E-state index is 0.139. The molecule has 3 heterocycles. The van der Waals surface area contributed by atoms with Crippen LogP contribution in [-0.4, -0.2) is 33.3 Å². The van der Waals surface area contributed by atoms with E-state index in [2.05, 4.69) is 11.9 Å². The predicted molar refractivity (Wildman–Crippen MR) is 74.3 cm³/mol. The lowest BCUT2D eigenvalue weighted by molar-refractivity contribution is 0.0785. The van der Waals surface area contributed by atoms with Crippen molar-refractivity contribution < 1.29 is 4.79 Å². The van der Waals surface area contributed by atoms with Crippen molar-refractivity contribution in [2.75, 3.05) is 13.1 Å². The molecule has 0 saturated carbocycles. The Morgan fingerprint density at radius 1 is 1.32 bits per heavy atom. The van der Waals surface area contributed by atoms with E-state index in [0.717, 1.165) is 55.8 Å². The maximum atomic E-state index is 12.7. The number of aromatic nitrogens is 2. The number of likely N-dealkylation sites (tertiary alicyclic amines) is 1. The molecule has 4 nitrogen and oxygen atoms in total. The number of hydrogen-bond acceptors (Lipinski definition) is 2. The molecule has 0 aromatic carbocycles. The third-order valence-electron chi connectivity index (χ3n) is 3.68. The lowest BCUT2D eigenvalue weighted by atomic mass is 10.2. The smallest absolute Gasteiger partial charge is 0.272 e. The monoisotopic (exact) mass is 257 g/mol. The Hall–Kier alpha value is -1.84. The molecule has 100 valence electrons. The molecule has 0 atom stereocenters. The van der Waals surface area contributed by atoms with Gasteiger partial charge in [0, 0.05) is 19.3 Å². The summed E-state index contributed by atoms with van der Waals surface area (Å²) in [7, 11) is 0. The highest BCUT2D eigenvalue weighted by atomic mass is 16.2. The first-order chi connectivity index (χ1) is 9.31. The van der Waals surface area contributed by atoms with Crippen molar-refractivity contribution in [1.29, 1.82) is 0 Å². The number of rotatable bonds is 3. The van der Waals surface area contributed by atoms with Crippen LogP contribution in [-0.2, 0) is 6.42 Å². The van der Waals surface area contributed by atoms with Gasteiger partial charge in [-0.2, -0.15) is 0 Å². The highest BCUT2D eigenvalue weighted by Crippen LogP contribution is 2.19. The summed E-state index contributed by atoms with van der Waals surface area (Å²) in [5.74, 6) is 0.139. The quantitative estimate of drug-likeness (QED) is 0.847. The second kappa shape index (κ2) is 5.03. The molecule has 1 aliphatic heterocycles. The van der Waals surface area contributed by atoms with Crippen molar-refractivity contribution in [2.24, 2.45) is 0 Å². The van der Waals surface area contributed by atoms with Crippen LogP contribution in [0.15, 0.2) is 24.4 Å². The minimum atomic E-state index is 0.139. The molecule has 3 rings (SSSR count). The molecule has 2 aromatic heterocycles. The average molecular weight is 257 g/mol. The maximum absolute atomic E-state index is 12.7. The summed E-state index contributed by atoms with van der Waals surface area (Å²) in [4.78, 5) is 19.2. The maximum Gasteiger partial charge on any atom is 0.272 e. The number of imidazole rings is 1. The van der Waals surface area contributed by atoms with Crippen molar-refractivity contribution in [3.63, 3.8) is 0 Å². The third kappa shape index (κ3) is 2.11. The van der Waals surface area contributed by atoms with Crippen LogP contribution in [0.1, 0.15) is 42.4 Å². The number of hydrogen-bond donors (Lipinski definition) is 0. The standard InChI is InChI=1S/C15H19N3O/c1-2-7-12-14(15(19)17-9-5-6-10-17)18-11-4-3-8-13(18)16-12/h3-4,8,11H,2,5-7,9-10H2,1H3. The van der Waals surface area contributed by atoms with Crippen molar-refractivity contribution in [3.05, 3.63) is 35.8 Å². The van der Waals surface area contributed by atoms with Gasteiger partial charge in [0.2, 0.25) is 0 Å². The fourth-order valence-corrected chi connectivity index (χ4v) is 2.75. The summed E-state index contributed by atoms with van der Waals surface area (Å²) in [6.07, 6.45) is 6.03. The van der Waals surface area contributed by atoms with Crippen LogP contribution in [0.5, 0.6) is 0 Å². The molecular weight excluding hydrogens is 238 g/mol. The Morgan fingerprint density at radius 2 is 2.11 bits per heavy atom. The van der Waals surface area contributed by atoms with E-state index in [9.17, 15) is 4.79 Å². The first-order valence-electron chi connectivity index (χ1n) is 7.06. The Morgan fingerprint density at radius 3 is 2.84 bits per heavy atom. The molecule has 1 fully saturated rings. The Labute approximate surface area is 113 Å². The van der Waals surface area contributed by atoms with E-state index >= 15 is 0 Å². The van der Waals surface area contributed by atoms with E-state index in [1.54, 1.807) is 0 Å². The van der Waals surface area contributed by atoms with Crippen LogP contribution in [0.25, 0.3) is 5.65 Å². The predicted octanol–water partition coefficient (Wildman–Crippen LogP) is 2.52. The molecular formula is C15H19N3O. The van der Waals surface area contributed by atoms with Gasteiger partial charge in [-0.25, -0.2) is 4.98 Å². The van der Waals surface area contributed by atoms with E-state index in [4.69, 9.17) is 0 Å². The van der Waals surface area contributed by atoms with Gasteiger partial charge in [0.1, 0.15) is 11.3 Å². The summed E-state index contributed by atoms with van der Waals surface area (Å²) in [6, 6.07) is 5.87. The normalized spacial score (nSPS) is 15.3. The molecule has 1 amide bonds. The van der Waals surface area contributed by atoms with E-state index in [0.29, 0.717) is 0 Å². The number of carbonyl (C=O) groups excluding carboxylic acids is 1. The minimum Gasteiger partial charge on any atom is -0.337 e. The van der Waals surface area contributed by atoms with Gasteiger partial charge >= 0.3 is 0 Å². The van der Waals surface area contributed by atoms with Gasteiger partial charge in [0.15, 0.2) is 0 Å². The number of amides is 1. The number of nitrogens with zero attached hydrogens (tertiary/aromatic N) is 3. The zero-order valence-electron chi connectivity index (χ0n) is 11.3. The lowest BCUT2D eigenvalue weighted by Gasteiger charge is -2.15. The van der Waals surface area contributed by atoms with Crippen LogP contribution < -0.4 is 0 Å². The first-order valence-corrected chi connectivity index (χ1v) is 7.06. The fraction of sp³-hybridized carbons (Fsp3) is 0.467. The second-order valence-electron chi connectivity index (χ2n) is 5.09. The van der Waals surface area contributed by atoms with Crippen molar-refractivity contribution in [3.8, 4) is 0 Å². The lowest BCUT2D eigenvalue weighted by Crippen LogP contribution is -2.29. The summed E-state index contributed by atoms with van der Waals surface area (Å²) in [5.41, 5.74) is 2.57. The molecule has 0 radical (unpaired) electrons. The molecule has 2 aromatic rings. The first kappa shape index (κ1) is 12.2. The largest absolute Gasteiger partial charge is 0.337 e. The van der Waals surface area contributed by atoms with Crippen LogP contribution >= 0.6 is 0 Å². The van der Waals surface area contributed by atoms with Gasteiger partial charge in [0.05, 0.1) is 5.69 Å². The number of fused-ring (bicyclic) bond motifs is 1. The molecule has 0 aliphatic carbocycles. The summed E-state index contributed by atoms with van der Waals surface area (Å²) in [6.45, 7) is 3.88. The SMILES string of the molecule is CCCc1nc2ccccn2c1C(=O)N1CCCC1. The summed E-state index contributed by atoms with van der Waals surface area (Å²) in [5, 5.41) is 0. The molecule has 0 bridgehead atoms. The fourth-order valence-electron chi connectivity index (χ4n) is 2.75. The van der Waals surface area contributed by atoms with Crippen LogP contribution in [0.4, 0.5) is 0 Å². The van der Waals surface area contributed by atoms with Gasteiger partial charge < -0.3 is 4.90 Å². The van der Waals surface area contributed by atoms with Crippen LogP contribution in [0.3, 0.4) is 0 Å². The van der Waals surface area contributed by atoms with Gasteiger partial charge in [-0.05, 0) is 31.4 Å². The number of aryl methyl sites for hydroxylation is 1. The van der Waals surface area contributed by atoms with Crippen molar-refractivity contribution in [1.82, 2.24) is 14.3 Å². The highest BCUT2D eigenvalue weighted by Gasteiger charge is 2.25. The van der Waals surface area contributed by atoms with E-state index < -0.39 is 0 Å². The van der Waals surface area contributed by atoms with Gasteiger partial charge in [-0.1, -0.05) is 19.4 Å². The summed E-state index contributed by atoms with van der Waals surface area (Å²) >= 11 is 0. The van der Waals surface area contributed by atoms with Crippen molar-refractivity contribution >= 4 is 11.6 Å². The molecule has 19 heavy (non-hydrogen) atoms. The Kier molecular flexibility index (Phi) is 3.23. The molecule has 4 heteroatoms. The zero-order valence-corrected chi connectivity index (χ0v) is 11.3. The van der Waals surface area contributed by atoms with Crippen LogP contribution in [0.2, 0.25) is 0 Å². The number of pyridine rings is 1. The highest BCUT2D eigenvalue weighted by molar-refractivity contribution is 5.95. The summed E-state index contributed by atoms with van der Waals surface area (Å²) < 4.78 is 1.94. The van der Waals surface area contributed by atoms with E-state index in [-0.39, 0.29) is 5.91 Å². The number of carbonyl (C=O) groups is 1. The molecule has 0 spiro atoms. The Bertz CT molecular complexity index is 596. The van der Waals surface area contributed by atoms with E-state index in [1.807, 2.05) is 33.7 Å². The van der Waals surface area contributed by atoms with Crippen LogP contribution in [0, 0.1) is 0 Å². The Balaban J connectivity index is 2.08. The van der Waals surface area contributed by atoms with Gasteiger partial charge in [0.25, 0.3) is 5.91 Å². The average Bonchev–Trinajstić information content (AvgIpc) is 3.06. The molecule has 0 unspecified atom stereocenters. The third-order valence-corrected chi connectivity index (χ3v) is 3.68. The van der Waals surface area contributed by atoms with Gasteiger partial charge in [-0.3, -0.25) is 9.20 Å².